The first kappa shape index (κ1) is 14.2. The van der Waals surface area contributed by atoms with Gasteiger partial charge in [-0.1, -0.05) is 6.42 Å². The molecule has 2 nitrogen and oxygen atoms in total. The summed E-state index contributed by atoms with van der Waals surface area (Å²) < 4.78 is 0. The number of fused-ring (bicyclic) bond motifs is 1. The molecule has 70 valence electrons. The van der Waals surface area contributed by atoms with E-state index in [1.54, 1.807) is 0 Å². The fraction of sp³-hybridized carbons (Fsp3) is 0.889. The van der Waals surface area contributed by atoms with E-state index >= 15 is 0 Å². The molecule has 0 aromatic heterocycles. The molecule has 0 bridgehead atoms. The van der Waals surface area contributed by atoms with Crippen molar-refractivity contribution >= 4 is 5.84 Å². The van der Waals surface area contributed by atoms with Gasteiger partial charge in [0.25, 0.3) is 0 Å². The average Bonchev–Trinajstić information content (AvgIpc) is 2.28. The van der Waals surface area contributed by atoms with Crippen molar-refractivity contribution in [3.63, 3.8) is 0 Å². The number of rotatable bonds is 0. The molecule has 4 heteroatoms. The Morgan fingerprint density at radius 3 is 2.62 bits per heavy atom. The molecule has 2 aliphatic heterocycles. The first-order valence-electron chi connectivity index (χ1n) is 4.75. The minimum Gasteiger partial charge on any atom is -1.00 e. The summed E-state index contributed by atoms with van der Waals surface area (Å²) in [4.78, 5) is 7.04. The van der Waals surface area contributed by atoms with Crippen LogP contribution in [0.25, 0.3) is 0 Å². The Hall–Kier alpha value is 1.20. The number of hydrogen-bond donors (Lipinski definition) is 0. The average molecular weight is 302 g/mol. The summed E-state index contributed by atoms with van der Waals surface area (Å²) in [5, 5.41) is 0. The number of nitrogens with zero attached hydrogens (tertiary/aromatic N) is 2. The third-order valence-electron chi connectivity index (χ3n) is 2.57. The Balaban J connectivity index is 0.000000720. The Kier molecular flexibility index (Phi) is 8.18. The fourth-order valence-corrected chi connectivity index (χ4v) is 1.94. The summed E-state index contributed by atoms with van der Waals surface area (Å²) in [7, 11) is 0. The zero-order chi connectivity index (χ0) is 7.52. The SMILES string of the molecule is C1CCC2=NCCCN2CC1.[I-].[Na+]. The van der Waals surface area contributed by atoms with Crippen molar-refractivity contribution in [1.29, 1.82) is 0 Å². The smallest absolute Gasteiger partial charge is 1.00 e. The molecular formula is C9H16IN2Na. The maximum Gasteiger partial charge on any atom is 1.00 e. The zero-order valence-corrected chi connectivity index (χ0v) is 12.6. The van der Waals surface area contributed by atoms with Gasteiger partial charge in [0.15, 0.2) is 0 Å². The first-order chi connectivity index (χ1) is 5.47. The molecule has 0 N–H and O–H groups in total. The Morgan fingerprint density at radius 2 is 1.77 bits per heavy atom. The van der Waals surface area contributed by atoms with Crippen LogP contribution in [0.4, 0.5) is 0 Å². The monoisotopic (exact) mass is 302 g/mol. The quantitative estimate of drug-likeness (QED) is 0.326. The van der Waals surface area contributed by atoms with E-state index in [0.717, 1.165) is 6.54 Å². The van der Waals surface area contributed by atoms with Gasteiger partial charge in [0.2, 0.25) is 0 Å². The number of hydrogen-bond acceptors (Lipinski definition) is 2. The van der Waals surface area contributed by atoms with E-state index in [1.807, 2.05) is 0 Å². The van der Waals surface area contributed by atoms with Crippen molar-refractivity contribution in [3.8, 4) is 0 Å². The van der Waals surface area contributed by atoms with Crippen LogP contribution in [-0.4, -0.2) is 30.4 Å². The number of aliphatic imine (C=N–C) groups is 1. The predicted octanol–water partition coefficient (Wildman–Crippen LogP) is -4.33. The van der Waals surface area contributed by atoms with E-state index in [9.17, 15) is 0 Å². The second-order valence-electron chi connectivity index (χ2n) is 3.45. The topological polar surface area (TPSA) is 15.6 Å². The van der Waals surface area contributed by atoms with E-state index in [2.05, 4.69) is 9.89 Å². The summed E-state index contributed by atoms with van der Waals surface area (Å²) in [5.74, 6) is 1.40. The van der Waals surface area contributed by atoms with Gasteiger partial charge < -0.3 is 28.9 Å². The molecule has 2 heterocycles. The van der Waals surface area contributed by atoms with E-state index in [4.69, 9.17) is 0 Å². The van der Waals surface area contributed by atoms with Gasteiger partial charge in [-0.15, -0.1) is 0 Å². The largest absolute Gasteiger partial charge is 1.00 e. The Labute approximate surface area is 120 Å². The van der Waals surface area contributed by atoms with Crippen LogP contribution in [0.2, 0.25) is 0 Å². The van der Waals surface area contributed by atoms with Crippen molar-refractivity contribution in [2.75, 3.05) is 19.6 Å². The summed E-state index contributed by atoms with van der Waals surface area (Å²) in [6, 6.07) is 0. The molecule has 0 unspecified atom stereocenters. The van der Waals surface area contributed by atoms with E-state index in [-0.39, 0.29) is 53.5 Å². The molecule has 0 aromatic rings. The third kappa shape index (κ3) is 4.06. The van der Waals surface area contributed by atoms with Crippen LogP contribution in [0.5, 0.6) is 0 Å². The maximum atomic E-state index is 4.55. The fourth-order valence-electron chi connectivity index (χ4n) is 1.94. The van der Waals surface area contributed by atoms with E-state index in [0.29, 0.717) is 0 Å². The van der Waals surface area contributed by atoms with E-state index in [1.165, 1.54) is 51.0 Å². The second kappa shape index (κ2) is 7.49. The molecule has 0 aliphatic carbocycles. The minimum absolute atomic E-state index is 0. The van der Waals surface area contributed by atoms with Crippen LogP contribution < -0.4 is 53.5 Å². The summed E-state index contributed by atoms with van der Waals surface area (Å²) in [5.41, 5.74) is 0. The van der Waals surface area contributed by atoms with Crippen LogP contribution in [-0.2, 0) is 0 Å². The van der Waals surface area contributed by atoms with Gasteiger partial charge >= 0.3 is 29.6 Å². The summed E-state index contributed by atoms with van der Waals surface area (Å²) in [6.07, 6.45) is 6.63. The molecule has 0 amide bonds. The van der Waals surface area contributed by atoms with Gasteiger partial charge in [0.05, 0.1) is 5.84 Å². The van der Waals surface area contributed by atoms with Gasteiger partial charge in [0.1, 0.15) is 0 Å². The van der Waals surface area contributed by atoms with Crippen LogP contribution >= 0.6 is 0 Å². The molecule has 0 spiro atoms. The van der Waals surface area contributed by atoms with Crippen LogP contribution in [0.3, 0.4) is 0 Å². The van der Waals surface area contributed by atoms with Gasteiger partial charge in [-0.2, -0.15) is 0 Å². The first-order valence-corrected chi connectivity index (χ1v) is 4.75. The molecule has 2 aliphatic rings. The van der Waals surface area contributed by atoms with Gasteiger partial charge in [0, 0.05) is 26.1 Å². The molecule has 13 heavy (non-hydrogen) atoms. The van der Waals surface area contributed by atoms with Crippen molar-refractivity contribution in [2.24, 2.45) is 4.99 Å². The van der Waals surface area contributed by atoms with Gasteiger partial charge in [-0.25, -0.2) is 0 Å². The number of halogens is 1. The molecule has 2 rings (SSSR count). The van der Waals surface area contributed by atoms with Crippen molar-refractivity contribution in [1.82, 2.24) is 4.90 Å². The maximum absolute atomic E-state index is 4.55. The Bertz CT molecular complexity index is 173. The van der Waals surface area contributed by atoms with Crippen LogP contribution in [0, 0.1) is 0 Å². The molecule has 0 aromatic carbocycles. The normalized spacial score (nSPS) is 21.5. The summed E-state index contributed by atoms with van der Waals surface area (Å²) >= 11 is 0. The van der Waals surface area contributed by atoms with Crippen molar-refractivity contribution in [2.45, 2.75) is 32.1 Å². The summed E-state index contributed by atoms with van der Waals surface area (Å²) in [6.45, 7) is 3.60. The van der Waals surface area contributed by atoms with Crippen molar-refractivity contribution in [3.05, 3.63) is 0 Å². The molecule has 1 fully saturated rings. The molecule has 0 radical (unpaired) electrons. The van der Waals surface area contributed by atoms with Gasteiger partial charge in [-0.05, 0) is 19.3 Å². The Morgan fingerprint density at radius 1 is 1.00 bits per heavy atom. The molecule has 0 atom stereocenters. The van der Waals surface area contributed by atoms with E-state index < -0.39 is 0 Å². The third-order valence-corrected chi connectivity index (χ3v) is 2.57. The van der Waals surface area contributed by atoms with Crippen molar-refractivity contribution < 1.29 is 53.5 Å². The van der Waals surface area contributed by atoms with Crippen LogP contribution in [0.1, 0.15) is 32.1 Å². The van der Waals surface area contributed by atoms with Crippen LogP contribution in [0.15, 0.2) is 4.99 Å². The molecule has 0 saturated carbocycles. The van der Waals surface area contributed by atoms with Gasteiger partial charge in [-0.3, -0.25) is 4.99 Å². The number of amidine groups is 1. The molecular weight excluding hydrogens is 286 g/mol. The molecule has 1 saturated heterocycles. The predicted molar refractivity (Wildman–Crippen MR) is 47.0 cm³/mol. The zero-order valence-electron chi connectivity index (χ0n) is 8.43. The second-order valence-corrected chi connectivity index (χ2v) is 3.45. The minimum atomic E-state index is 0. The standard InChI is InChI=1S/C9H16N2.HI.Na/c1-2-5-9-10-6-4-8-11(9)7-3-1;;/h1-8H2;1H;/q;;+1/p-1.